The smallest absolute Gasteiger partial charge is 0.248 e. The molecular formula is C44H35N5O. The van der Waals surface area contributed by atoms with Gasteiger partial charge in [0, 0.05) is 39.3 Å². The lowest BCUT2D eigenvalue weighted by Gasteiger charge is -2.25. The molecule has 0 bridgehead atoms. The Hall–Kier alpha value is -6.40. The van der Waals surface area contributed by atoms with Gasteiger partial charge in [0.15, 0.2) is 0 Å². The number of anilines is 3. The van der Waals surface area contributed by atoms with Crippen LogP contribution in [0.5, 0.6) is 0 Å². The Morgan fingerprint density at radius 1 is 0.420 bits per heavy atom. The Bertz CT molecular complexity index is 2380. The quantitative estimate of drug-likeness (QED) is 0.171. The maximum atomic E-state index is 6.02. The summed E-state index contributed by atoms with van der Waals surface area (Å²) in [6.45, 7) is 6.69. The molecule has 0 amide bonds. The second-order valence-corrected chi connectivity index (χ2v) is 13.3. The van der Waals surface area contributed by atoms with Crippen molar-refractivity contribution in [3.8, 4) is 45.4 Å². The third-order valence-electron chi connectivity index (χ3n) is 8.83. The largest absolute Gasteiger partial charge is 0.416 e. The molecule has 0 radical (unpaired) electrons. The van der Waals surface area contributed by atoms with Gasteiger partial charge in [-0.2, -0.15) is 0 Å². The van der Waals surface area contributed by atoms with Gasteiger partial charge in [-0.3, -0.25) is 0 Å². The first-order valence-corrected chi connectivity index (χ1v) is 16.7. The van der Waals surface area contributed by atoms with Gasteiger partial charge in [-0.05, 0) is 83.8 Å². The minimum Gasteiger partial charge on any atom is -0.416 e. The van der Waals surface area contributed by atoms with E-state index in [-0.39, 0.29) is 5.41 Å². The van der Waals surface area contributed by atoms with Crippen LogP contribution in [0.3, 0.4) is 0 Å². The molecule has 2 aromatic heterocycles. The zero-order valence-electron chi connectivity index (χ0n) is 28.2. The Morgan fingerprint density at radius 3 is 1.32 bits per heavy atom. The number of fused-ring (bicyclic) bond motifs is 1. The molecule has 0 aliphatic heterocycles. The van der Waals surface area contributed by atoms with E-state index in [2.05, 4.69) is 121 Å². The number of hydrogen-bond acceptors (Lipinski definition) is 6. The highest BCUT2D eigenvalue weighted by molar-refractivity contribution is 5.87. The normalized spacial score (nSPS) is 11.5. The molecule has 0 spiro atoms. The van der Waals surface area contributed by atoms with E-state index in [0.717, 1.165) is 61.7 Å². The van der Waals surface area contributed by atoms with Crippen LogP contribution in [0, 0.1) is 0 Å². The number of para-hydroxylation sites is 3. The van der Waals surface area contributed by atoms with E-state index in [1.165, 1.54) is 5.56 Å². The average Bonchev–Trinajstić information content (AvgIpc) is 3.66. The van der Waals surface area contributed by atoms with Crippen molar-refractivity contribution in [3.63, 3.8) is 0 Å². The molecule has 0 fully saturated rings. The van der Waals surface area contributed by atoms with Gasteiger partial charge in [0.1, 0.15) is 0 Å². The summed E-state index contributed by atoms with van der Waals surface area (Å²) in [4.78, 5) is 12.5. The fourth-order valence-electron chi connectivity index (χ4n) is 6.11. The third kappa shape index (κ3) is 6.15. The molecule has 0 aliphatic carbocycles. The van der Waals surface area contributed by atoms with Crippen molar-refractivity contribution >= 4 is 28.1 Å². The van der Waals surface area contributed by atoms with Crippen molar-refractivity contribution in [1.29, 1.82) is 0 Å². The van der Waals surface area contributed by atoms with Gasteiger partial charge < -0.3 is 9.32 Å². The Balaban J connectivity index is 1.15. The van der Waals surface area contributed by atoms with Gasteiger partial charge in [0.2, 0.25) is 11.8 Å². The molecule has 8 aromatic rings. The maximum Gasteiger partial charge on any atom is 0.248 e. The summed E-state index contributed by atoms with van der Waals surface area (Å²) < 4.78 is 6.02. The van der Waals surface area contributed by atoms with E-state index >= 15 is 0 Å². The number of rotatable bonds is 7. The number of aromatic nitrogens is 4. The summed E-state index contributed by atoms with van der Waals surface area (Å²) in [6.07, 6.45) is 0. The average molecular weight is 650 g/mol. The van der Waals surface area contributed by atoms with Gasteiger partial charge in [-0.1, -0.05) is 106 Å². The third-order valence-corrected chi connectivity index (χ3v) is 8.83. The molecule has 8 rings (SSSR count). The van der Waals surface area contributed by atoms with Crippen molar-refractivity contribution in [2.24, 2.45) is 0 Å². The molecule has 242 valence electrons. The first-order chi connectivity index (χ1) is 24.4. The fourth-order valence-corrected chi connectivity index (χ4v) is 6.11. The van der Waals surface area contributed by atoms with Crippen LogP contribution in [0.2, 0.25) is 0 Å². The molecule has 6 nitrogen and oxygen atoms in total. The van der Waals surface area contributed by atoms with Gasteiger partial charge in [0.05, 0.1) is 22.4 Å². The minimum absolute atomic E-state index is 0.0654. The Morgan fingerprint density at radius 2 is 0.820 bits per heavy atom. The molecule has 2 heterocycles. The van der Waals surface area contributed by atoms with E-state index < -0.39 is 0 Å². The van der Waals surface area contributed by atoms with Crippen LogP contribution in [0.4, 0.5) is 17.1 Å². The summed E-state index contributed by atoms with van der Waals surface area (Å²) >= 11 is 0. The first kappa shape index (κ1) is 30.9. The van der Waals surface area contributed by atoms with Crippen LogP contribution in [-0.2, 0) is 5.41 Å². The monoisotopic (exact) mass is 649 g/mol. The highest BCUT2D eigenvalue weighted by Crippen LogP contribution is 2.38. The van der Waals surface area contributed by atoms with E-state index in [1.54, 1.807) is 0 Å². The van der Waals surface area contributed by atoms with Gasteiger partial charge in [0.25, 0.3) is 0 Å². The van der Waals surface area contributed by atoms with Crippen LogP contribution >= 0.6 is 0 Å². The number of hydrogen-bond donors (Lipinski definition) is 0. The lowest BCUT2D eigenvalue weighted by atomic mass is 9.86. The minimum atomic E-state index is 0.0654. The number of benzene rings is 6. The Labute approximate surface area is 291 Å². The molecular weight excluding hydrogens is 615 g/mol. The maximum absolute atomic E-state index is 6.02. The lowest BCUT2D eigenvalue weighted by molar-refractivity contribution is 0.584. The molecule has 0 atom stereocenters. The fraction of sp³-hybridized carbons (Fsp3) is 0.0909. The molecule has 0 saturated carbocycles. The van der Waals surface area contributed by atoms with Crippen LogP contribution in [0.25, 0.3) is 56.5 Å². The summed E-state index contributed by atoms with van der Waals surface area (Å²) in [5.74, 6) is 0.975. The molecule has 0 N–H and O–H groups in total. The second kappa shape index (κ2) is 12.9. The highest BCUT2D eigenvalue weighted by Gasteiger charge is 2.19. The van der Waals surface area contributed by atoms with Crippen LogP contribution < -0.4 is 4.90 Å². The highest BCUT2D eigenvalue weighted by atomic mass is 16.4. The van der Waals surface area contributed by atoms with Gasteiger partial charge in [-0.15, -0.1) is 10.2 Å². The van der Waals surface area contributed by atoms with Gasteiger partial charge in [-0.25, -0.2) is 9.97 Å². The van der Waals surface area contributed by atoms with E-state index in [1.807, 2.05) is 72.8 Å². The summed E-state index contributed by atoms with van der Waals surface area (Å²) in [6, 6.07) is 53.7. The van der Waals surface area contributed by atoms with Crippen LogP contribution in [0.1, 0.15) is 26.3 Å². The molecule has 0 unspecified atom stereocenters. The molecule has 6 aromatic carbocycles. The zero-order valence-corrected chi connectivity index (χ0v) is 28.2. The van der Waals surface area contributed by atoms with E-state index in [9.17, 15) is 0 Å². The predicted octanol–water partition coefficient (Wildman–Crippen LogP) is 11.4. The van der Waals surface area contributed by atoms with Crippen molar-refractivity contribution < 1.29 is 4.42 Å². The lowest BCUT2D eigenvalue weighted by Crippen LogP contribution is -2.10. The predicted molar refractivity (Wildman–Crippen MR) is 203 cm³/mol. The van der Waals surface area contributed by atoms with Crippen molar-refractivity contribution in [1.82, 2.24) is 20.2 Å². The molecule has 50 heavy (non-hydrogen) atoms. The SMILES string of the molecule is CC(C)(C)c1ccc(-c2nc3ccccc3nc2-c2ccc(N(c3ccccc3)c3ccc(-c4nnc(-c5ccccc5)o4)cc3)cc2)cc1. The van der Waals surface area contributed by atoms with E-state index in [0.29, 0.717) is 11.8 Å². The molecule has 0 saturated heterocycles. The summed E-state index contributed by atoms with van der Waals surface area (Å²) in [5, 5.41) is 8.58. The zero-order chi connectivity index (χ0) is 34.1. The van der Waals surface area contributed by atoms with E-state index in [4.69, 9.17) is 14.4 Å². The topological polar surface area (TPSA) is 67.9 Å². The molecule has 0 aliphatic rings. The summed E-state index contributed by atoms with van der Waals surface area (Å²) in [5.41, 5.74) is 11.6. The van der Waals surface area contributed by atoms with Crippen molar-refractivity contribution in [2.45, 2.75) is 26.2 Å². The second-order valence-electron chi connectivity index (χ2n) is 13.3. The van der Waals surface area contributed by atoms with Crippen molar-refractivity contribution in [3.05, 3.63) is 163 Å². The van der Waals surface area contributed by atoms with Crippen LogP contribution in [0.15, 0.2) is 162 Å². The van der Waals surface area contributed by atoms with Gasteiger partial charge >= 0.3 is 0 Å². The first-order valence-electron chi connectivity index (χ1n) is 16.7. The van der Waals surface area contributed by atoms with Crippen LogP contribution in [-0.4, -0.2) is 20.2 Å². The molecule has 6 heteroatoms. The number of nitrogens with zero attached hydrogens (tertiary/aromatic N) is 5. The Kier molecular flexibility index (Phi) is 7.97. The summed E-state index contributed by atoms with van der Waals surface area (Å²) in [7, 11) is 0. The van der Waals surface area contributed by atoms with Crippen molar-refractivity contribution in [2.75, 3.05) is 4.90 Å². The standard InChI is InChI=1S/C44H35N5O/c1-44(2,3)34-24-18-30(19-25-34)40-41(46-39-17-11-10-16-38(39)45-40)31-20-26-36(27-21-31)49(35-14-8-5-9-15-35)37-28-22-33(23-29-37)43-48-47-42(50-43)32-12-6-4-7-13-32/h4-29H,1-3H3.